The highest BCUT2D eigenvalue weighted by Crippen LogP contribution is 2.29. The van der Waals surface area contributed by atoms with Crippen molar-refractivity contribution in [2.45, 2.75) is 44.8 Å². The van der Waals surface area contributed by atoms with E-state index in [-0.39, 0.29) is 18.0 Å². The molecule has 0 radical (unpaired) electrons. The molecule has 1 aliphatic heterocycles. The normalized spacial score (nSPS) is 21.4. The van der Waals surface area contributed by atoms with E-state index in [4.69, 9.17) is 9.47 Å². The Morgan fingerprint density at radius 2 is 1.82 bits per heavy atom. The van der Waals surface area contributed by atoms with Crippen LogP contribution >= 0.6 is 0 Å². The molecule has 0 bridgehead atoms. The van der Waals surface area contributed by atoms with Crippen LogP contribution in [0.15, 0.2) is 0 Å². The van der Waals surface area contributed by atoms with Gasteiger partial charge in [0.05, 0.1) is 13.2 Å². The van der Waals surface area contributed by atoms with E-state index in [1.165, 1.54) is 12.8 Å². The van der Waals surface area contributed by atoms with Gasteiger partial charge in [0.25, 0.3) is 0 Å². The van der Waals surface area contributed by atoms with Crippen LogP contribution < -0.4 is 0 Å². The molecule has 0 aromatic carbocycles. The summed E-state index contributed by atoms with van der Waals surface area (Å²) in [6.07, 6.45) is 3.46. The number of nitrogens with zero attached hydrogens (tertiary/aromatic N) is 2. The zero-order chi connectivity index (χ0) is 16.1. The summed E-state index contributed by atoms with van der Waals surface area (Å²) in [5, 5.41) is 0. The number of likely N-dealkylation sites (tertiary alicyclic amines) is 1. The molecule has 2 rings (SSSR count). The summed E-state index contributed by atoms with van der Waals surface area (Å²) in [6, 6.07) is 0. The summed E-state index contributed by atoms with van der Waals surface area (Å²) in [6.45, 7) is 4.44. The molecule has 22 heavy (non-hydrogen) atoms. The van der Waals surface area contributed by atoms with E-state index in [2.05, 4.69) is 4.90 Å². The second kappa shape index (κ2) is 7.92. The van der Waals surface area contributed by atoms with Crippen LogP contribution in [0.1, 0.15) is 32.6 Å². The van der Waals surface area contributed by atoms with Gasteiger partial charge >= 0.3 is 5.97 Å². The van der Waals surface area contributed by atoms with Crippen LogP contribution in [0.5, 0.6) is 0 Å². The molecule has 0 aromatic rings. The maximum Gasteiger partial charge on any atom is 0.335 e. The highest BCUT2D eigenvalue weighted by Gasteiger charge is 2.28. The average Bonchev–Trinajstić information content (AvgIpc) is 3.30. The predicted octanol–water partition coefficient (Wildman–Crippen LogP) is 0.897. The lowest BCUT2D eigenvalue weighted by Crippen LogP contribution is -2.43. The van der Waals surface area contributed by atoms with Crippen molar-refractivity contribution >= 4 is 11.9 Å². The van der Waals surface area contributed by atoms with Gasteiger partial charge in [-0.15, -0.1) is 0 Å². The Hall–Kier alpha value is -1.14. The molecular weight excluding hydrogens is 284 g/mol. The van der Waals surface area contributed by atoms with Crippen LogP contribution in [0.2, 0.25) is 0 Å². The lowest BCUT2D eigenvalue weighted by molar-refractivity contribution is -0.164. The Kier molecular flexibility index (Phi) is 6.20. The molecule has 0 N–H and O–H groups in total. The monoisotopic (exact) mass is 312 g/mol. The fourth-order valence-electron chi connectivity index (χ4n) is 2.41. The van der Waals surface area contributed by atoms with Crippen LogP contribution in [-0.2, 0) is 19.1 Å². The predicted molar refractivity (Wildman–Crippen MR) is 82.4 cm³/mol. The average molecular weight is 312 g/mol. The van der Waals surface area contributed by atoms with Gasteiger partial charge in [-0.1, -0.05) is 0 Å². The molecule has 2 fully saturated rings. The number of hydrogen-bond acceptors (Lipinski definition) is 5. The van der Waals surface area contributed by atoms with Gasteiger partial charge in [0.15, 0.2) is 6.10 Å². The zero-order valence-electron chi connectivity index (χ0n) is 13.9. The fourth-order valence-corrected chi connectivity index (χ4v) is 2.41. The van der Waals surface area contributed by atoms with E-state index >= 15 is 0 Å². The summed E-state index contributed by atoms with van der Waals surface area (Å²) in [5.41, 5.74) is 0. The van der Waals surface area contributed by atoms with Crippen molar-refractivity contribution in [3.05, 3.63) is 0 Å². The third-order valence-corrected chi connectivity index (χ3v) is 4.29. The SMILES string of the molecule is CC(OCC1CC1)C(=O)OC1CCN(CC(=O)N(C)C)CC1. The Morgan fingerprint density at radius 3 is 2.36 bits per heavy atom. The van der Waals surface area contributed by atoms with Crippen LogP contribution in [0, 0.1) is 5.92 Å². The number of piperidine rings is 1. The standard InChI is InChI=1S/C16H28N2O4/c1-12(21-11-13-4-5-13)16(20)22-14-6-8-18(9-7-14)10-15(19)17(2)3/h12-14H,4-11H2,1-3H3. The first-order chi connectivity index (χ1) is 10.5. The Labute approximate surface area is 132 Å². The highest BCUT2D eigenvalue weighted by molar-refractivity contribution is 5.77. The Balaban J connectivity index is 1.63. The van der Waals surface area contributed by atoms with E-state index in [9.17, 15) is 9.59 Å². The van der Waals surface area contributed by atoms with Crippen molar-refractivity contribution in [1.82, 2.24) is 9.80 Å². The van der Waals surface area contributed by atoms with Crippen LogP contribution in [-0.4, -0.2) is 74.2 Å². The molecule has 1 unspecified atom stereocenters. The molecule has 1 amide bonds. The van der Waals surface area contributed by atoms with Gasteiger partial charge in [0, 0.05) is 27.2 Å². The Bertz CT molecular complexity index is 388. The van der Waals surface area contributed by atoms with E-state index in [1.54, 1.807) is 25.9 Å². The number of ether oxygens (including phenoxy) is 2. The molecule has 1 saturated carbocycles. The number of likely N-dealkylation sites (N-methyl/N-ethyl adjacent to an activating group) is 1. The number of esters is 1. The molecule has 1 aliphatic carbocycles. The quantitative estimate of drug-likeness (QED) is 0.654. The molecule has 6 heteroatoms. The largest absolute Gasteiger partial charge is 0.460 e. The van der Waals surface area contributed by atoms with Crippen LogP contribution in [0.3, 0.4) is 0 Å². The van der Waals surface area contributed by atoms with Crippen LogP contribution in [0.25, 0.3) is 0 Å². The zero-order valence-corrected chi connectivity index (χ0v) is 13.9. The number of rotatable bonds is 7. The summed E-state index contributed by atoms with van der Waals surface area (Å²) in [5.74, 6) is 0.494. The topological polar surface area (TPSA) is 59.1 Å². The van der Waals surface area contributed by atoms with Crippen molar-refractivity contribution < 1.29 is 19.1 Å². The highest BCUT2D eigenvalue weighted by atomic mass is 16.6. The molecule has 2 aliphatic rings. The van der Waals surface area contributed by atoms with Crippen molar-refractivity contribution in [3.8, 4) is 0 Å². The molecule has 6 nitrogen and oxygen atoms in total. The van der Waals surface area contributed by atoms with E-state index in [1.807, 2.05) is 0 Å². The van der Waals surface area contributed by atoms with Crippen molar-refractivity contribution in [1.29, 1.82) is 0 Å². The minimum Gasteiger partial charge on any atom is -0.460 e. The number of carbonyl (C=O) groups is 2. The molecule has 1 atom stereocenters. The first kappa shape index (κ1) is 17.2. The summed E-state index contributed by atoms with van der Waals surface area (Å²) < 4.78 is 11.1. The fraction of sp³-hybridized carbons (Fsp3) is 0.875. The van der Waals surface area contributed by atoms with Crippen molar-refractivity contribution in [2.75, 3.05) is 40.3 Å². The van der Waals surface area contributed by atoms with E-state index < -0.39 is 6.10 Å². The van der Waals surface area contributed by atoms with Gasteiger partial charge in [-0.3, -0.25) is 9.69 Å². The molecule has 1 saturated heterocycles. The second-order valence-corrected chi connectivity index (χ2v) is 6.62. The van der Waals surface area contributed by atoms with Gasteiger partial charge in [-0.25, -0.2) is 4.79 Å². The number of hydrogen-bond donors (Lipinski definition) is 0. The second-order valence-electron chi connectivity index (χ2n) is 6.62. The van der Waals surface area contributed by atoms with Crippen molar-refractivity contribution in [2.24, 2.45) is 5.92 Å². The maximum absolute atomic E-state index is 12.0. The van der Waals surface area contributed by atoms with Gasteiger partial charge < -0.3 is 14.4 Å². The van der Waals surface area contributed by atoms with Gasteiger partial charge in [0.2, 0.25) is 5.91 Å². The molecule has 0 aromatic heterocycles. The first-order valence-corrected chi connectivity index (χ1v) is 8.20. The minimum atomic E-state index is -0.478. The molecule has 0 spiro atoms. The third kappa shape index (κ3) is 5.57. The van der Waals surface area contributed by atoms with Gasteiger partial charge in [-0.2, -0.15) is 0 Å². The number of amides is 1. The van der Waals surface area contributed by atoms with E-state index in [0.717, 1.165) is 25.9 Å². The molecule has 126 valence electrons. The first-order valence-electron chi connectivity index (χ1n) is 8.20. The Morgan fingerprint density at radius 1 is 1.18 bits per heavy atom. The van der Waals surface area contributed by atoms with Gasteiger partial charge in [0.1, 0.15) is 6.10 Å². The molecular formula is C16H28N2O4. The lowest BCUT2D eigenvalue weighted by atomic mass is 10.1. The third-order valence-electron chi connectivity index (χ3n) is 4.29. The summed E-state index contributed by atoms with van der Waals surface area (Å²) in [4.78, 5) is 27.4. The van der Waals surface area contributed by atoms with Crippen LogP contribution in [0.4, 0.5) is 0 Å². The molecule has 1 heterocycles. The van der Waals surface area contributed by atoms with Gasteiger partial charge in [-0.05, 0) is 38.5 Å². The van der Waals surface area contributed by atoms with Crippen molar-refractivity contribution in [3.63, 3.8) is 0 Å². The number of carbonyl (C=O) groups excluding carboxylic acids is 2. The summed E-state index contributed by atoms with van der Waals surface area (Å²) in [7, 11) is 3.53. The summed E-state index contributed by atoms with van der Waals surface area (Å²) >= 11 is 0. The minimum absolute atomic E-state index is 0.0508. The smallest absolute Gasteiger partial charge is 0.335 e. The maximum atomic E-state index is 12.0. The lowest BCUT2D eigenvalue weighted by Gasteiger charge is -2.32. The van der Waals surface area contributed by atoms with E-state index in [0.29, 0.717) is 19.1 Å².